The number of hydrogen-bond acceptors (Lipinski definition) is 2. The summed E-state index contributed by atoms with van der Waals surface area (Å²) < 4.78 is 0. The summed E-state index contributed by atoms with van der Waals surface area (Å²) in [4.78, 5) is 24.5. The first-order chi connectivity index (χ1) is 7.03. The van der Waals surface area contributed by atoms with E-state index in [1.807, 2.05) is 0 Å². The number of hydrogen-bond donors (Lipinski definition) is 1. The van der Waals surface area contributed by atoms with Gasteiger partial charge >= 0.3 is 6.03 Å². The summed E-state index contributed by atoms with van der Waals surface area (Å²) >= 11 is 0. The molecule has 0 aromatic rings. The molecule has 86 valence electrons. The van der Waals surface area contributed by atoms with Crippen LogP contribution in [0.4, 0.5) is 4.79 Å². The number of nitrogens with one attached hydrogen (secondary N) is 1. The van der Waals surface area contributed by atoms with Gasteiger partial charge in [0.05, 0.1) is 0 Å². The fourth-order valence-electron chi connectivity index (χ4n) is 2.12. The summed E-state index contributed by atoms with van der Waals surface area (Å²) in [7, 11) is 0. The van der Waals surface area contributed by atoms with Crippen molar-refractivity contribution in [3.8, 4) is 0 Å². The average molecular weight is 212 g/mol. The Morgan fingerprint density at radius 2 is 2.07 bits per heavy atom. The van der Waals surface area contributed by atoms with E-state index in [1.54, 1.807) is 4.90 Å². The van der Waals surface area contributed by atoms with Crippen LogP contribution < -0.4 is 5.32 Å². The Bertz CT molecular complexity index is 265. The first-order valence-electron chi connectivity index (χ1n) is 5.65. The molecule has 4 heteroatoms. The summed E-state index contributed by atoms with van der Waals surface area (Å²) in [6.07, 6.45) is 3.36. The highest BCUT2D eigenvalue weighted by atomic mass is 16.2. The van der Waals surface area contributed by atoms with Gasteiger partial charge in [-0.2, -0.15) is 0 Å². The first kappa shape index (κ1) is 12.0. The predicted molar refractivity (Wildman–Crippen MR) is 58.5 cm³/mol. The van der Waals surface area contributed by atoms with Crippen molar-refractivity contribution in [2.75, 3.05) is 6.54 Å². The van der Waals surface area contributed by atoms with E-state index in [1.165, 1.54) is 0 Å². The van der Waals surface area contributed by atoms with Gasteiger partial charge in [0, 0.05) is 18.5 Å². The second-order valence-corrected chi connectivity index (χ2v) is 4.36. The zero-order chi connectivity index (χ0) is 11.5. The Balaban J connectivity index is 2.76. The van der Waals surface area contributed by atoms with E-state index in [4.69, 9.17) is 0 Å². The van der Waals surface area contributed by atoms with Crippen LogP contribution in [0.15, 0.2) is 0 Å². The molecular formula is C11H20N2O2. The van der Waals surface area contributed by atoms with Gasteiger partial charge in [-0.05, 0) is 19.8 Å². The quantitative estimate of drug-likeness (QED) is 0.773. The monoisotopic (exact) mass is 212 g/mol. The lowest BCUT2D eigenvalue weighted by molar-refractivity contribution is -0.122. The molecule has 0 aliphatic carbocycles. The molecule has 15 heavy (non-hydrogen) atoms. The normalized spacial score (nSPS) is 21.1. The van der Waals surface area contributed by atoms with Crippen LogP contribution >= 0.6 is 0 Å². The molecule has 1 unspecified atom stereocenters. The lowest BCUT2D eigenvalue weighted by Crippen LogP contribution is -2.58. The number of urea groups is 1. The second-order valence-electron chi connectivity index (χ2n) is 4.36. The van der Waals surface area contributed by atoms with E-state index in [2.05, 4.69) is 26.1 Å². The van der Waals surface area contributed by atoms with Crippen molar-refractivity contribution in [2.45, 2.75) is 52.0 Å². The summed E-state index contributed by atoms with van der Waals surface area (Å²) in [6.45, 7) is 6.83. The average Bonchev–Trinajstić information content (AvgIpc) is 2.17. The maximum atomic E-state index is 11.7. The minimum Gasteiger partial charge on any atom is -0.319 e. The molecule has 0 saturated carbocycles. The van der Waals surface area contributed by atoms with Gasteiger partial charge in [-0.3, -0.25) is 10.1 Å². The molecule has 1 N–H and O–H groups in total. The van der Waals surface area contributed by atoms with Crippen LogP contribution in [-0.2, 0) is 4.79 Å². The Hall–Kier alpha value is -1.06. The SMILES string of the molecule is CCCC(C)(CC)N1CCC(=O)NC1=O. The second kappa shape index (κ2) is 4.64. The van der Waals surface area contributed by atoms with Crippen LogP contribution in [0.5, 0.6) is 0 Å². The molecule has 1 rings (SSSR count). The highest BCUT2D eigenvalue weighted by Crippen LogP contribution is 2.26. The number of imide groups is 1. The van der Waals surface area contributed by atoms with Gasteiger partial charge in [0.15, 0.2) is 0 Å². The molecule has 1 saturated heterocycles. The van der Waals surface area contributed by atoms with Crippen molar-refractivity contribution in [2.24, 2.45) is 0 Å². The van der Waals surface area contributed by atoms with Crippen molar-refractivity contribution in [1.29, 1.82) is 0 Å². The van der Waals surface area contributed by atoms with E-state index in [0.29, 0.717) is 13.0 Å². The molecule has 0 aromatic carbocycles. The number of rotatable bonds is 4. The smallest absolute Gasteiger partial charge is 0.319 e. The number of carbonyl (C=O) groups excluding carboxylic acids is 2. The third-order valence-electron chi connectivity index (χ3n) is 3.26. The van der Waals surface area contributed by atoms with E-state index in [9.17, 15) is 9.59 Å². The van der Waals surface area contributed by atoms with Gasteiger partial charge in [0.25, 0.3) is 0 Å². The van der Waals surface area contributed by atoms with E-state index >= 15 is 0 Å². The molecule has 0 radical (unpaired) electrons. The van der Waals surface area contributed by atoms with Crippen molar-refractivity contribution in [3.05, 3.63) is 0 Å². The van der Waals surface area contributed by atoms with Gasteiger partial charge in [-0.25, -0.2) is 4.79 Å². The highest BCUT2D eigenvalue weighted by Gasteiger charge is 2.36. The fraction of sp³-hybridized carbons (Fsp3) is 0.818. The van der Waals surface area contributed by atoms with Crippen LogP contribution in [0.2, 0.25) is 0 Å². The number of amides is 3. The maximum absolute atomic E-state index is 11.7. The Kier molecular flexibility index (Phi) is 3.72. The largest absolute Gasteiger partial charge is 0.324 e. The minimum atomic E-state index is -0.232. The van der Waals surface area contributed by atoms with Crippen molar-refractivity contribution in [1.82, 2.24) is 10.2 Å². The fourth-order valence-corrected chi connectivity index (χ4v) is 2.12. The lowest BCUT2D eigenvalue weighted by Gasteiger charge is -2.42. The van der Waals surface area contributed by atoms with Gasteiger partial charge in [-0.1, -0.05) is 20.3 Å². The Labute approximate surface area is 91.0 Å². The zero-order valence-electron chi connectivity index (χ0n) is 9.80. The van der Waals surface area contributed by atoms with Gasteiger partial charge in [-0.15, -0.1) is 0 Å². The third kappa shape index (κ3) is 2.49. The van der Waals surface area contributed by atoms with Crippen LogP contribution in [-0.4, -0.2) is 28.9 Å². The van der Waals surface area contributed by atoms with E-state index < -0.39 is 0 Å². The van der Waals surface area contributed by atoms with Crippen molar-refractivity contribution >= 4 is 11.9 Å². The highest BCUT2D eigenvalue weighted by molar-refractivity contribution is 5.96. The van der Waals surface area contributed by atoms with E-state index in [0.717, 1.165) is 19.3 Å². The molecule has 1 aliphatic rings. The zero-order valence-corrected chi connectivity index (χ0v) is 9.80. The maximum Gasteiger partial charge on any atom is 0.324 e. The molecule has 4 nitrogen and oxygen atoms in total. The standard InChI is InChI=1S/C11H20N2O2/c1-4-7-11(3,5-2)13-8-6-9(14)12-10(13)15/h4-8H2,1-3H3,(H,12,14,15). The van der Waals surface area contributed by atoms with Gasteiger partial charge in [0.2, 0.25) is 5.91 Å². The molecule has 1 aliphatic heterocycles. The van der Waals surface area contributed by atoms with E-state index in [-0.39, 0.29) is 17.5 Å². The summed E-state index contributed by atoms with van der Waals surface area (Å²) in [5.74, 6) is -0.161. The molecular weight excluding hydrogens is 192 g/mol. The Morgan fingerprint density at radius 1 is 1.40 bits per heavy atom. The molecule has 0 aromatic heterocycles. The summed E-state index contributed by atoms with van der Waals surface area (Å²) in [5.41, 5.74) is -0.112. The predicted octanol–water partition coefficient (Wildman–Crippen LogP) is 1.90. The third-order valence-corrected chi connectivity index (χ3v) is 3.26. The van der Waals surface area contributed by atoms with Crippen LogP contribution in [0.3, 0.4) is 0 Å². The molecule has 1 heterocycles. The number of nitrogens with zero attached hydrogens (tertiary/aromatic N) is 1. The lowest BCUT2D eigenvalue weighted by atomic mass is 9.90. The van der Waals surface area contributed by atoms with Gasteiger partial charge in [0.1, 0.15) is 0 Å². The molecule has 3 amide bonds. The van der Waals surface area contributed by atoms with Crippen LogP contribution in [0.25, 0.3) is 0 Å². The minimum absolute atomic E-state index is 0.112. The Morgan fingerprint density at radius 3 is 2.53 bits per heavy atom. The molecule has 1 fully saturated rings. The van der Waals surface area contributed by atoms with Crippen molar-refractivity contribution < 1.29 is 9.59 Å². The topological polar surface area (TPSA) is 49.4 Å². The van der Waals surface area contributed by atoms with Gasteiger partial charge < -0.3 is 4.90 Å². The van der Waals surface area contributed by atoms with Crippen LogP contribution in [0.1, 0.15) is 46.5 Å². The van der Waals surface area contributed by atoms with Crippen LogP contribution in [0, 0.1) is 0 Å². The molecule has 1 atom stereocenters. The molecule has 0 bridgehead atoms. The van der Waals surface area contributed by atoms with Crippen molar-refractivity contribution in [3.63, 3.8) is 0 Å². The molecule has 0 spiro atoms. The number of carbonyl (C=O) groups is 2. The first-order valence-corrected chi connectivity index (χ1v) is 5.65. The summed E-state index contributed by atoms with van der Waals surface area (Å²) in [5, 5.41) is 2.38. The summed E-state index contributed by atoms with van der Waals surface area (Å²) in [6, 6.07) is -0.232.